The van der Waals surface area contributed by atoms with Gasteiger partial charge in [0.1, 0.15) is 4.47 Å². The number of rotatable bonds is 2. The van der Waals surface area contributed by atoms with Gasteiger partial charge in [0.2, 0.25) is 0 Å². The minimum absolute atomic E-state index is 0.0887. The first kappa shape index (κ1) is 15.9. The number of likely N-dealkylation sites (N-methyl/N-ethyl adjacent to an activating group) is 1. The number of carbonyl (C=O) groups is 1. The Morgan fingerprint density at radius 1 is 1.38 bits per heavy atom. The van der Waals surface area contributed by atoms with E-state index in [-0.39, 0.29) is 21.6 Å². The fraction of sp³-hybridized carbons (Fsp3) is 0.500. The maximum Gasteiger partial charge on any atom is 0.284 e. The van der Waals surface area contributed by atoms with Crippen LogP contribution in [0.4, 0.5) is 5.69 Å². The van der Waals surface area contributed by atoms with Gasteiger partial charge in [-0.3, -0.25) is 19.8 Å². The molecule has 0 radical (unpaired) electrons. The third-order valence-electron chi connectivity index (χ3n) is 4.01. The molecule has 6 nitrogen and oxygen atoms in total. The lowest BCUT2D eigenvalue weighted by Gasteiger charge is -2.45. The molecule has 0 bridgehead atoms. The monoisotopic (exact) mass is 355 g/mol. The molecular formula is C14H18BrN3O3. The largest absolute Gasteiger partial charge is 0.335 e. The average Bonchev–Trinajstić information content (AvgIpc) is 2.41. The number of hydrogen-bond donors (Lipinski definition) is 0. The van der Waals surface area contributed by atoms with Crippen molar-refractivity contribution in [2.24, 2.45) is 0 Å². The van der Waals surface area contributed by atoms with Crippen LogP contribution in [-0.4, -0.2) is 52.9 Å². The Morgan fingerprint density at radius 2 is 2.05 bits per heavy atom. The molecule has 1 heterocycles. The Labute approximate surface area is 132 Å². The summed E-state index contributed by atoms with van der Waals surface area (Å²) in [6.07, 6.45) is 0. The lowest BCUT2D eigenvalue weighted by molar-refractivity contribution is -0.385. The van der Waals surface area contributed by atoms with E-state index in [0.717, 1.165) is 6.54 Å². The predicted octanol–water partition coefficient (Wildman–Crippen LogP) is 2.52. The molecule has 7 heteroatoms. The topological polar surface area (TPSA) is 66.7 Å². The van der Waals surface area contributed by atoms with Crippen LogP contribution < -0.4 is 0 Å². The zero-order valence-electron chi connectivity index (χ0n) is 12.3. The van der Waals surface area contributed by atoms with Gasteiger partial charge in [-0.15, -0.1) is 0 Å². The van der Waals surface area contributed by atoms with E-state index in [4.69, 9.17) is 0 Å². The summed E-state index contributed by atoms with van der Waals surface area (Å²) in [5.74, 6) is -0.174. The summed E-state index contributed by atoms with van der Waals surface area (Å²) in [7, 11) is 2.03. The molecule has 1 saturated heterocycles. The summed E-state index contributed by atoms with van der Waals surface area (Å²) in [5, 5.41) is 11.0. The Morgan fingerprint density at radius 3 is 2.62 bits per heavy atom. The van der Waals surface area contributed by atoms with Crippen molar-refractivity contribution in [3.63, 3.8) is 0 Å². The third-order valence-corrected chi connectivity index (χ3v) is 4.84. The first-order chi connectivity index (χ1) is 9.74. The molecule has 0 spiro atoms. The van der Waals surface area contributed by atoms with Crippen LogP contribution in [0.2, 0.25) is 0 Å². The van der Waals surface area contributed by atoms with Crippen LogP contribution in [0.5, 0.6) is 0 Å². The number of benzene rings is 1. The first-order valence-electron chi connectivity index (χ1n) is 6.67. The predicted molar refractivity (Wildman–Crippen MR) is 83.4 cm³/mol. The van der Waals surface area contributed by atoms with E-state index in [1.807, 2.05) is 7.05 Å². The highest BCUT2D eigenvalue weighted by atomic mass is 79.9. The van der Waals surface area contributed by atoms with Gasteiger partial charge >= 0.3 is 0 Å². The fourth-order valence-electron chi connectivity index (χ4n) is 2.41. The van der Waals surface area contributed by atoms with Crippen molar-refractivity contribution in [3.8, 4) is 0 Å². The van der Waals surface area contributed by atoms with Crippen molar-refractivity contribution < 1.29 is 9.72 Å². The number of nitro groups is 1. The van der Waals surface area contributed by atoms with Gasteiger partial charge in [0.15, 0.2) is 0 Å². The molecule has 0 aromatic heterocycles. The van der Waals surface area contributed by atoms with Crippen molar-refractivity contribution in [1.29, 1.82) is 0 Å². The van der Waals surface area contributed by atoms with Crippen molar-refractivity contribution in [3.05, 3.63) is 38.3 Å². The number of carbonyl (C=O) groups excluding carboxylic acids is 1. The second kappa shape index (κ2) is 5.73. The summed E-state index contributed by atoms with van der Waals surface area (Å²) in [6, 6.07) is 4.54. The van der Waals surface area contributed by atoms with Crippen LogP contribution in [0.15, 0.2) is 22.7 Å². The molecule has 1 fully saturated rings. The lowest BCUT2D eigenvalue weighted by atomic mass is 9.99. The molecule has 0 saturated carbocycles. The van der Waals surface area contributed by atoms with E-state index in [1.54, 1.807) is 11.0 Å². The van der Waals surface area contributed by atoms with Gasteiger partial charge in [-0.05, 0) is 42.9 Å². The highest BCUT2D eigenvalue weighted by Crippen LogP contribution is 2.30. The standard InChI is InChI=1S/C14H18BrN3O3/c1-14(2)9-17(8-7-16(14)3)13(19)10-5-4-6-11(12(10)15)18(20)21/h4-6H,7-9H2,1-3H3. The minimum Gasteiger partial charge on any atom is -0.335 e. The van der Waals surface area contributed by atoms with Gasteiger partial charge in [-0.2, -0.15) is 0 Å². The summed E-state index contributed by atoms with van der Waals surface area (Å²) < 4.78 is 0.247. The van der Waals surface area contributed by atoms with Crippen LogP contribution >= 0.6 is 15.9 Å². The quantitative estimate of drug-likeness (QED) is 0.603. The Kier molecular flexibility index (Phi) is 4.34. The smallest absolute Gasteiger partial charge is 0.284 e. The van der Waals surface area contributed by atoms with Crippen molar-refractivity contribution >= 4 is 27.5 Å². The summed E-state index contributed by atoms with van der Waals surface area (Å²) in [4.78, 5) is 27.1. The lowest BCUT2D eigenvalue weighted by Crippen LogP contribution is -2.58. The fourth-order valence-corrected chi connectivity index (χ4v) is 2.99. The number of nitro benzene ring substituents is 1. The van der Waals surface area contributed by atoms with Gasteiger partial charge in [0.05, 0.1) is 10.5 Å². The van der Waals surface area contributed by atoms with E-state index in [9.17, 15) is 14.9 Å². The van der Waals surface area contributed by atoms with Crippen LogP contribution in [-0.2, 0) is 0 Å². The molecule has 0 atom stereocenters. The van der Waals surface area contributed by atoms with Crippen molar-refractivity contribution in [1.82, 2.24) is 9.80 Å². The molecule has 114 valence electrons. The highest BCUT2D eigenvalue weighted by molar-refractivity contribution is 9.10. The molecule has 1 amide bonds. The molecule has 0 N–H and O–H groups in total. The van der Waals surface area contributed by atoms with Crippen LogP contribution in [0, 0.1) is 10.1 Å². The number of hydrogen-bond acceptors (Lipinski definition) is 4. The van der Waals surface area contributed by atoms with E-state index >= 15 is 0 Å². The average molecular weight is 356 g/mol. The Bertz CT molecular complexity index is 589. The zero-order chi connectivity index (χ0) is 15.8. The van der Waals surface area contributed by atoms with Gasteiger partial charge in [0, 0.05) is 31.2 Å². The molecule has 1 aromatic carbocycles. The van der Waals surface area contributed by atoms with Crippen molar-refractivity contribution in [2.75, 3.05) is 26.7 Å². The molecule has 21 heavy (non-hydrogen) atoms. The maximum absolute atomic E-state index is 12.6. The van der Waals surface area contributed by atoms with E-state index in [1.165, 1.54) is 12.1 Å². The number of piperazine rings is 1. The normalized spacial score (nSPS) is 18.6. The summed E-state index contributed by atoms with van der Waals surface area (Å²) in [6.45, 7) is 6.15. The zero-order valence-corrected chi connectivity index (χ0v) is 13.9. The summed E-state index contributed by atoms with van der Waals surface area (Å²) >= 11 is 3.19. The number of halogens is 1. The van der Waals surface area contributed by atoms with Crippen molar-refractivity contribution in [2.45, 2.75) is 19.4 Å². The van der Waals surface area contributed by atoms with Gasteiger partial charge in [-0.1, -0.05) is 6.07 Å². The Balaban J connectivity index is 2.29. The van der Waals surface area contributed by atoms with Crippen LogP contribution in [0.1, 0.15) is 24.2 Å². The van der Waals surface area contributed by atoms with Gasteiger partial charge in [0.25, 0.3) is 11.6 Å². The molecule has 0 aliphatic carbocycles. The second-order valence-corrected chi connectivity index (χ2v) is 6.65. The second-order valence-electron chi connectivity index (χ2n) is 5.86. The molecule has 1 aromatic rings. The molecular weight excluding hydrogens is 338 g/mol. The van der Waals surface area contributed by atoms with Gasteiger partial charge < -0.3 is 4.90 Å². The third kappa shape index (κ3) is 3.08. The van der Waals surface area contributed by atoms with Gasteiger partial charge in [-0.25, -0.2) is 0 Å². The molecule has 0 unspecified atom stereocenters. The molecule has 1 aliphatic heterocycles. The first-order valence-corrected chi connectivity index (χ1v) is 7.47. The molecule has 2 rings (SSSR count). The molecule has 1 aliphatic rings. The Hall–Kier alpha value is -1.47. The minimum atomic E-state index is -0.491. The van der Waals surface area contributed by atoms with E-state index < -0.39 is 4.92 Å². The number of amides is 1. The maximum atomic E-state index is 12.6. The van der Waals surface area contributed by atoms with E-state index in [0.29, 0.717) is 18.7 Å². The summed E-state index contributed by atoms with van der Waals surface area (Å²) in [5.41, 5.74) is 0.139. The van der Waals surface area contributed by atoms with E-state index in [2.05, 4.69) is 34.7 Å². The number of nitrogens with zero attached hydrogens (tertiary/aromatic N) is 3. The van der Waals surface area contributed by atoms with Crippen LogP contribution in [0.3, 0.4) is 0 Å². The van der Waals surface area contributed by atoms with Crippen LogP contribution in [0.25, 0.3) is 0 Å². The SMILES string of the molecule is CN1CCN(C(=O)c2cccc([N+](=O)[O-])c2Br)CC1(C)C. The highest BCUT2D eigenvalue weighted by Gasteiger charge is 2.34.